The quantitative estimate of drug-likeness (QED) is 0.334. The number of aromatic nitrogens is 3. The third kappa shape index (κ3) is 3.98. The highest BCUT2D eigenvalue weighted by atomic mass is 19.1. The van der Waals surface area contributed by atoms with Crippen LogP contribution in [0.4, 0.5) is 8.78 Å². The zero-order chi connectivity index (χ0) is 24.1. The van der Waals surface area contributed by atoms with Crippen molar-refractivity contribution < 1.29 is 13.3 Å². The lowest BCUT2D eigenvalue weighted by Crippen LogP contribution is -2.38. The first-order valence-electron chi connectivity index (χ1n) is 11.5. The molecule has 4 aromatic rings. The zero-order valence-electron chi connectivity index (χ0n) is 19.5. The Balaban J connectivity index is 1.63. The van der Waals surface area contributed by atoms with Gasteiger partial charge in [0.25, 0.3) is 0 Å². The number of aryl methyl sites for hydroxylation is 2. The number of fused-ring (bicyclic) bond motifs is 1. The number of nitriles is 1. The van der Waals surface area contributed by atoms with E-state index < -0.39 is 11.3 Å². The third-order valence-electron chi connectivity index (χ3n) is 7.01. The van der Waals surface area contributed by atoms with Gasteiger partial charge in [-0.15, -0.1) is 0 Å². The molecule has 1 fully saturated rings. The summed E-state index contributed by atoms with van der Waals surface area (Å²) in [5.74, 6) is 0.695. The Kier molecular flexibility index (Phi) is 5.27. The van der Waals surface area contributed by atoms with Crippen LogP contribution in [0.1, 0.15) is 49.6 Å². The van der Waals surface area contributed by atoms with Crippen LogP contribution in [0, 0.1) is 25.2 Å². The summed E-state index contributed by atoms with van der Waals surface area (Å²) in [6, 6.07) is 11.4. The van der Waals surface area contributed by atoms with Crippen molar-refractivity contribution in [2.75, 3.05) is 0 Å². The molecule has 0 radical (unpaired) electrons. The molecule has 3 aromatic heterocycles. The van der Waals surface area contributed by atoms with E-state index in [2.05, 4.69) is 11.2 Å². The van der Waals surface area contributed by atoms with Gasteiger partial charge in [-0.3, -0.25) is 4.98 Å². The van der Waals surface area contributed by atoms with Crippen molar-refractivity contribution in [3.63, 3.8) is 0 Å². The van der Waals surface area contributed by atoms with Gasteiger partial charge in [0.15, 0.2) is 0 Å². The van der Waals surface area contributed by atoms with Gasteiger partial charge in [0.1, 0.15) is 17.1 Å². The number of pyridine rings is 1. The fourth-order valence-corrected chi connectivity index (χ4v) is 4.95. The minimum atomic E-state index is -1.49. The van der Waals surface area contributed by atoms with Crippen LogP contribution < -0.4 is 0 Å². The summed E-state index contributed by atoms with van der Waals surface area (Å²) in [7, 11) is 0. The molecule has 7 heteroatoms. The summed E-state index contributed by atoms with van der Waals surface area (Å²) in [5, 5.41) is 13.2. The van der Waals surface area contributed by atoms with Crippen LogP contribution in [-0.2, 0) is 6.54 Å². The monoisotopic (exact) mass is 460 g/mol. The topological polar surface area (TPSA) is 67.6 Å². The Labute approximate surface area is 197 Å². The molecule has 1 aromatic carbocycles. The highest BCUT2D eigenvalue weighted by Crippen LogP contribution is 2.42. The maximum absolute atomic E-state index is 15.9. The van der Waals surface area contributed by atoms with Crippen molar-refractivity contribution in [1.29, 1.82) is 5.26 Å². The first kappa shape index (κ1) is 22.3. The molecule has 1 aliphatic rings. The molecule has 0 spiro atoms. The SMILES string of the molecule is Cc1noc(C)c1-c1cnc2c(-c3ccc(C#N)cc3)cn(CC3(F)CCC(C)(F)CC3)c2c1. The van der Waals surface area contributed by atoms with Crippen LogP contribution >= 0.6 is 0 Å². The number of rotatable bonds is 4. The highest BCUT2D eigenvalue weighted by Gasteiger charge is 2.41. The van der Waals surface area contributed by atoms with Gasteiger partial charge in [-0.05, 0) is 70.2 Å². The van der Waals surface area contributed by atoms with E-state index in [9.17, 15) is 4.39 Å². The van der Waals surface area contributed by atoms with Crippen LogP contribution in [0.15, 0.2) is 47.2 Å². The molecule has 1 aliphatic carbocycles. The summed E-state index contributed by atoms with van der Waals surface area (Å²) in [6.45, 7) is 5.42. The second-order valence-corrected chi connectivity index (χ2v) is 9.71. The van der Waals surface area contributed by atoms with Crippen molar-refractivity contribution in [2.45, 2.75) is 64.3 Å². The molecule has 5 nitrogen and oxygen atoms in total. The smallest absolute Gasteiger partial charge is 0.141 e. The van der Waals surface area contributed by atoms with Crippen molar-refractivity contribution >= 4 is 11.0 Å². The van der Waals surface area contributed by atoms with Crippen LogP contribution in [0.25, 0.3) is 33.3 Å². The molecule has 0 aliphatic heterocycles. The number of benzene rings is 1. The number of nitrogens with zero attached hydrogens (tertiary/aromatic N) is 4. The minimum absolute atomic E-state index is 0.128. The maximum atomic E-state index is 15.9. The molecule has 0 unspecified atom stereocenters. The van der Waals surface area contributed by atoms with Gasteiger partial charge in [-0.2, -0.15) is 5.26 Å². The van der Waals surface area contributed by atoms with Gasteiger partial charge in [0.05, 0.1) is 34.9 Å². The van der Waals surface area contributed by atoms with Gasteiger partial charge in [0, 0.05) is 29.1 Å². The summed E-state index contributed by atoms with van der Waals surface area (Å²) in [5.41, 5.74) is 3.56. The average Bonchev–Trinajstić information content (AvgIpc) is 3.35. The van der Waals surface area contributed by atoms with E-state index in [1.807, 2.05) is 42.8 Å². The molecule has 0 saturated heterocycles. The second-order valence-electron chi connectivity index (χ2n) is 9.71. The molecule has 0 atom stereocenters. The summed E-state index contributed by atoms with van der Waals surface area (Å²) in [6.07, 6.45) is 4.50. The van der Waals surface area contributed by atoms with E-state index in [1.165, 1.54) is 0 Å². The first-order chi connectivity index (χ1) is 16.2. The van der Waals surface area contributed by atoms with Gasteiger partial charge >= 0.3 is 0 Å². The van der Waals surface area contributed by atoms with E-state index in [-0.39, 0.29) is 32.2 Å². The standard InChI is InChI=1S/C27H26F2N4O/c1-17-24(18(2)34-32-17)21-12-23-25(31-14-21)22(20-6-4-19(13-30)5-7-20)15-33(23)16-27(29)10-8-26(3,28)9-11-27/h4-7,12,14-15H,8-11,16H2,1-3H3. The molecule has 1 saturated carbocycles. The Morgan fingerprint density at radius 3 is 2.41 bits per heavy atom. The van der Waals surface area contributed by atoms with Gasteiger partial charge in [-0.1, -0.05) is 17.3 Å². The second kappa shape index (κ2) is 8.05. The number of halogens is 2. The normalized spacial score (nSPS) is 22.7. The van der Waals surface area contributed by atoms with E-state index in [4.69, 9.17) is 14.8 Å². The third-order valence-corrected chi connectivity index (χ3v) is 7.01. The lowest BCUT2D eigenvalue weighted by Gasteiger charge is -2.36. The molecule has 5 rings (SSSR count). The number of alkyl halides is 2. The maximum Gasteiger partial charge on any atom is 0.141 e. The van der Waals surface area contributed by atoms with E-state index in [1.54, 1.807) is 25.3 Å². The van der Waals surface area contributed by atoms with Crippen molar-refractivity contribution in [3.8, 4) is 28.3 Å². The highest BCUT2D eigenvalue weighted by molar-refractivity contribution is 5.95. The molecular formula is C27H26F2N4O. The van der Waals surface area contributed by atoms with Gasteiger partial charge in [-0.25, -0.2) is 8.78 Å². The van der Waals surface area contributed by atoms with E-state index in [0.717, 1.165) is 39.0 Å². The lowest BCUT2D eigenvalue weighted by molar-refractivity contribution is 0.0132. The zero-order valence-corrected chi connectivity index (χ0v) is 19.5. The predicted molar refractivity (Wildman–Crippen MR) is 127 cm³/mol. The molecule has 0 amide bonds. The first-order valence-corrected chi connectivity index (χ1v) is 11.5. The Morgan fingerprint density at radius 2 is 1.79 bits per heavy atom. The Morgan fingerprint density at radius 1 is 1.09 bits per heavy atom. The fraction of sp³-hybridized carbons (Fsp3) is 0.370. The van der Waals surface area contributed by atoms with Gasteiger partial charge < -0.3 is 9.09 Å². The van der Waals surface area contributed by atoms with E-state index >= 15 is 4.39 Å². The predicted octanol–water partition coefficient (Wildman–Crippen LogP) is 6.86. The molecular weight excluding hydrogens is 434 g/mol. The Bertz CT molecular complexity index is 1380. The average molecular weight is 461 g/mol. The largest absolute Gasteiger partial charge is 0.361 e. The summed E-state index contributed by atoms with van der Waals surface area (Å²) in [4.78, 5) is 4.76. The van der Waals surface area contributed by atoms with Gasteiger partial charge in [0.2, 0.25) is 0 Å². The lowest BCUT2D eigenvalue weighted by atomic mass is 9.79. The fourth-order valence-electron chi connectivity index (χ4n) is 4.95. The molecule has 174 valence electrons. The number of hydrogen-bond donors (Lipinski definition) is 0. The summed E-state index contributed by atoms with van der Waals surface area (Å²) < 4.78 is 37.5. The molecule has 0 N–H and O–H groups in total. The van der Waals surface area contributed by atoms with Crippen LogP contribution in [0.2, 0.25) is 0 Å². The minimum Gasteiger partial charge on any atom is -0.361 e. The van der Waals surface area contributed by atoms with Crippen molar-refractivity contribution in [1.82, 2.24) is 14.7 Å². The number of hydrogen-bond acceptors (Lipinski definition) is 4. The van der Waals surface area contributed by atoms with Crippen LogP contribution in [0.5, 0.6) is 0 Å². The van der Waals surface area contributed by atoms with Crippen LogP contribution in [-0.4, -0.2) is 26.0 Å². The molecule has 3 heterocycles. The molecule has 34 heavy (non-hydrogen) atoms. The summed E-state index contributed by atoms with van der Waals surface area (Å²) >= 11 is 0. The Hall–Kier alpha value is -3.53. The van der Waals surface area contributed by atoms with Crippen molar-refractivity contribution in [3.05, 3.63) is 59.7 Å². The van der Waals surface area contributed by atoms with Crippen LogP contribution in [0.3, 0.4) is 0 Å². The molecule has 0 bridgehead atoms. The van der Waals surface area contributed by atoms with Crippen molar-refractivity contribution in [2.24, 2.45) is 0 Å². The van der Waals surface area contributed by atoms with E-state index in [0.29, 0.717) is 11.3 Å².